The summed E-state index contributed by atoms with van der Waals surface area (Å²) in [7, 11) is 0. The molecule has 0 aromatic carbocycles. The van der Waals surface area contributed by atoms with Crippen LogP contribution in [0.25, 0.3) is 11.0 Å². The number of furan rings is 1. The predicted octanol–water partition coefficient (Wildman–Crippen LogP) is 2.24. The molecule has 24 heavy (non-hydrogen) atoms. The molecule has 8 heteroatoms. The molecule has 3 N–H and O–H groups in total. The number of H-pyrrole nitrogens is 1. The first-order chi connectivity index (χ1) is 11.7. The minimum atomic E-state index is -0.516. The number of pyridine rings is 2. The Morgan fingerprint density at radius 3 is 3.00 bits per heavy atom. The lowest BCUT2D eigenvalue weighted by atomic mass is 10.3. The summed E-state index contributed by atoms with van der Waals surface area (Å²) < 4.78 is 10.4. The number of nitrogens with zero attached hydrogens (tertiary/aromatic N) is 1. The highest BCUT2D eigenvalue weighted by atomic mass is 16.5. The van der Waals surface area contributed by atoms with Gasteiger partial charge in [0, 0.05) is 12.3 Å². The van der Waals surface area contributed by atoms with Crippen molar-refractivity contribution in [2.45, 2.75) is 13.5 Å². The number of fused-ring (bicyclic) bond motifs is 1. The molecule has 8 nitrogen and oxygen atoms in total. The van der Waals surface area contributed by atoms with E-state index in [1.54, 1.807) is 24.3 Å². The van der Waals surface area contributed by atoms with Gasteiger partial charge in [-0.25, -0.2) is 9.78 Å². The fraction of sp³-hybridized carbons (Fsp3) is 0.188. The second-order valence-electron chi connectivity index (χ2n) is 4.90. The van der Waals surface area contributed by atoms with Gasteiger partial charge in [0.1, 0.15) is 17.0 Å². The topological polar surface area (TPSA) is 109 Å². The molecule has 0 atom stereocenters. The quantitative estimate of drug-likeness (QED) is 0.665. The summed E-state index contributed by atoms with van der Waals surface area (Å²) in [6, 6.07) is 6.32. The number of nitrogens with one attached hydrogen (secondary N) is 3. The van der Waals surface area contributed by atoms with E-state index in [0.717, 1.165) is 0 Å². The number of hydrogen-bond acceptors (Lipinski definition) is 5. The number of anilines is 1. The second-order valence-corrected chi connectivity index (χ2v) is 4.90. The van der Waals surface area contributed by atoms with Crippen molar-refractivity contribution in [3.8, 4) is 5.88 Å². The van der Waals surface area contributed by atoms with Crippen molar-refractivity contribution < 1.29 is 13.9 Å². The molecule has 0 aliphatic heterocycles. The van der Waals surface area contributed by atoms with Crippen LogP contribution in [0, 0.1) is 0 Å². The molecule has 2 amide bonds. The molecule has 3 rings (SSSR count). The van der Waals surface area contributed by atoms with Crippen molar-refractivity contribution in [3.63, 3.8) is 0 Å². The van der Waals surface area contributed by atoms with Gasteiger partial charge in [0.2, 0.25) is 11.3 Å². The molecule has 3 heterocycles. The number of aromatic amines is 1. The van der Waals surface area contributed by atoms with Crippen LogP contribution in [0.5, 0.6) is 5.88 Å². The first-order valence-electron chi connectivity index (χ1n) is 7.40. The van der Waals surface area contributed by atoms with Gasteiger partial charge in [0.25, 0.3) is 0 Å². The zero-order valence-electron chi connectivity index (χ0n) is 13.0. The number of aromatic nitrogens is 2. The fourth-order valence-electron chi connectivity index (χ4n) is 2.14. The number of rotatable bonds is 5. The molecule has 0 radical (unpaired) electrons. The van der Waals surface area contributed by atoms with E-state index < -0.39 is 11.5 Å². The highest BCUT2D eigenvalue weighted by Crippen LogP contribution is 2.13. The largest absolute Gasteiger partial charge is 0.478 e. The predicted molar refractivity (Wildman–Crippen MR) is 88.1 cm³/mol. The molecule has 0 unspecified atom stereocenters. The van der Waals surface area contributed by atoms with Crippen LogP contribution < -0.4 is 20.8 Å². The highest BCUT2D eigenvalue weighted by Gasteiger charge is 2.11. The van der Waals surface area contributed by atoms with Crippen LogP contribution in [-0.2, 0) is 6.54 Å². The van der Waals surface area contributed by atoms with Crippen LogP contribution in [-0.4, -0.2) is 22.6 Å². The van der Waals surface area contributed by atoms with Crippen molar-refractivity contribution in [2.24, 2.45) is 0 Å². The minimum Gasteiger partial charge on any atom is -0.478 e. The zero-order chi connectivity index (χ0) is 16.9. The first kappa shape index (κ1) is 15.6. The molecule has 124 valence electrons. The number of urea groups is 1. The SMILES string of the molecule is CCOc1ccc2[nH]cc(NC(=O)NCc3ccco3)c(=O)c2n1. The normalized spacial score (nSPS) is 10.5. The standard InChI is InChI=1S/C16H16N4O4/c1-2-23-13-6-5-11-14(20-13)15(21)12(9-17-11)19-16(22)18-8-10-4-3-7-24-10/h3-7,9H,2,8H2,1H3,(H,17,21)(H2,18,19,22). The van der Waals surface area contributed by atoms with Crippen molar-refractivity contribution in [2.75, 3.05) is 11.9 Å². The van der Waals surface area contributed by atoms with Gasteiger partial charge in [-0.05, 0) is 25.1 Å². The summed E-state index contributed by atoms with van der Waals surface area (Å²) in [5.41, 5.74) is 0.467. The molecule has 0 aliphatic rings. The van der Waals surface area contributed by atoms with Gasteiger partial charge in [0.15, 0.2) is 0 Å². The van der Waals surface area contributed by atoms with Crippen LogP contribution in [0.15, 0.2) is 45.9 Å². The Morgan fingerprint density at radius 1 is 1.38 bits per heavy atom. The first-order valence-corrected chi connectivity index (χ1v) is 7.40. The maximum absolute atomic E-state index is 12.5. The highest BCUT2D eigenvalue weighted by molar-refractivity contribution is 5.91. The van der Waals surface area contributed by atoms with Crippen LogP contribution in [0.2, 0.25) is 0 Å². The molecule has 3 aromatic rings. The summed E-state index contributed by atoms with van der Waals surface area (Å²) in [5.74, 6) is 0.968. The Hall–Kier alpha value is -3.29. The lowest BCUT2D eigenvalue weighted by Gasteiger charge is -2.08. The van der Waals surface area contributed by atoms with Gasteiger partial charge in [0.05, 0.1) is 24.9 Å². The van der Waals surface area contributed by atoms with Gasteiger partial charge < -0.3 is 24.8 Å². The zero-order valence-corrected chi connectivity index (χ0v) is 13.0. The molecule has 0 saturated carbocycles. The van der Waals surface area contributed by atoms with Crippen LogP contribution >= 0.6 is 0 Å². The van der Waals surface area contributed by atoms with E-state index in [1.165, 1.54) is 12.5 Å². The van der Waals surface area contributed by atoms with Crippen molar-refractivity contribution >= 4 is 22.8 Å². The van der Waals surface area contributed by atoms with Crippen molar-refractivity contribution in [3.05, 3.63) is 52.7 Å². The third-order valence-corrected chi connectivity index (χ3v) is 3.25. The van der Waals surface area contributed by atoms with E-state index in [4.69, 9.17) is 9.15 Å². The van der Waals surface area contributed by atoms with Crippen LogP contribution in [0.4, 0.5) is 10.5 Å². The van der Waals surface area contributed by atoms with E-state index in [-0.39, 0.29) is 17.7 Å². The second kappa shape index (κ2) is 6.86. The third kappa shape index (κ3) is 3.37. The monoisotopic (exact) mass is 328 g/mol. The Labute approximate surface area is 136 Å². The summed E-state index contributed by atoms with van der Waals surface area (Å²) in [4.78, 5) is 31.4. The van der Waals surface area contributed by atoms with Gasteiger partial charge in [-0.1, -0.05) is 0 Å². The molecule has 0 spiro atoms. The molecule has 0 aliphatic carbocycles. The molecule has 3 aromatic heterocycles. The van der Waals surface area contributed by atoms with Crippen molar-refractivity contribution in [1.82, 2.24) is 15.3 Å². The Balaban J connectivity index is 1.77. The number of carbonyl (C=O) groups is 1. The molecular formula is C16H16N4O4. The molecule has 0 saturated heterocycles. The lowest BCUT2D eigenvalue weighted by molar-refractivity contribution is 0.251. The smallest absolute Gasteiger partial charge is 0.319 e. The minimum absolute atomic E-state index is 0.0978. The number of carbonyl (C=O) groups excluding carboxylic acids is 1. The summed E-state index contributed by atoms with van der Waals surface area (Å²) in [6.45, 7) is 2.50. The lowest BCUT2D eigenvalue weighted by Crippen LogP contribution is -2.30. The van der Waals surface area contributed by atoms with Crippen LogP contribution in [0.3, 0.4) is 0 Å². The van der Waals surface area contributed by atoms with Gasteiger partial charge in [-0.3, -0.25) is 4.79 Å². The fourth-order valence-corrected chi connectivity index (χ4v) is 2.14. The average molecular weight is 328 g/mol. The molecule has 0 fully saturated rings. The van der Waals surface area contributed by atoms with Crippen molar-refractivity contribution in [1.29, 1.82) is 0 Å². The number of amides is 2. The Morgan fingerprint density at radius 2 is 2.25 bits per heavy atom. The summed E-state index contributed by atoms with van der Waals surface area (Å²) in [5, 5.41) is 5.10. The number of ether oxygens (including phenoxy) is 1. The van der Waals surface area contributed by atoms with Gasteiger partial charge in [-0.15, -0.1) is 0 Å². The maximum Gasteiger partial charge on any atom is 0.319 e. The van der Waals surface area contributed by atoms with E-state index in [1.807, 2.05) is 6.92 Å². The van der Waals surface area contributed by atoms with Gasteiger partial charge >= 0.3 is 6.03 Å². The molecule has 0 bridgehead atoms. The van der Waals surface area contributed by atoms with E-state index >= 15 is 0 Å². The third-order valence-electron chi connectivity index (χ3n) is 3.25. The number of hydrogen-bond donors (Lipinski definition) is 3. The summed E-state index contributed by atoms with van der Waals surface area (Å²) in [6.07, 6.45) is 2.95. The Bertz CT molecular complexity index is 902. The maximum atomic E-state index is 12.5. The van der Waals surface area contributed by atoms with Crippen LogP contribution in [0.1, 0.15) is 12.7 Å². The van der Waals surface area contributed by atoms with E-state index in [9.17, 15) is 9.59 Å². The van der Waals surface area contributed by atoms with Gasteiger partial charge in [-0.2, -0.15) is 0 Å². The summed E-state index contributed by atoms with van der Waals surface area (Å²) >= 11 is 0. The van der Waals surface area contributed by atoms with E-state index in [2.05, 4.69) is 20.6 Å². The molecular weight excluding hydrogens is 312 g/mol. The van der Waals surface area contributed by atoms with E-state index in [0.29, 0.717) is 23.8 Å². The Kier molecular flexibility index (Phi) is 4.46. The average Bonchev–Trinajstić information content (AvgIpc) is 3.10.